The minimum absolute atomic E-state index is 0.0588. The van der Waals surface area contributed by atoms with Crippen molar-refractivity contribution in [3.8, 4) is 0 Å². The number of amides is 3. The van der Waals surface area contributed by atoms with Gasteiger partial charge in [0, 0.05) is 51.2 Å². The second-order valence-corrected chi connectivity index (χ2v) is 7.58. The Morgan fingerprint density at radius 1 is 1.21 bits per heavy atom. The van der Waals surface area contributed by atoms with Gasteiger partial charge in [-0.3, -0.25) is 19.4 Å². The quantitative estimate of drug-likeness (QED) is 0.392. The minimum atomic E-state index is -0.674. The van der Waals surface area contributed by atoms with Crippen molar-refractivity contribution in [3.63, 3.8) is 0 Å². The zero-order chi connectivity index (χ0) is 25.3. The summed E-state index contributed by atoms with van der Waals surface area (Å²) in [5.74, 6) is -0.340. The monoisotopic (exact) mass is 468 g/mol. The number of hydrogen-bond donors (Lipinski definition) is 3. The van der Waals surface area contributed by atoms with E-state index < -0.39 is 5.91 Å². The lowest BCUT2D eigenvalue weighted by Gasteiger charge is -2.21. The van der Waals surface area contributed by atoms with Gasteiger partial charge in [-0.05, 0) is 31.6 Å². The zero-order valence-corrected chi connectivity index (χ0v) is 20.1. The predicted molar refractivity (Wildman–Crippen MR) is 131 cm³/mol. The summed E-state index contributed by atoms with van der Waals surface area (Å²) in [4.78, 5) is 52.1. The number of aryl methyl sites for hydroxylation is 1. The number of primary amides is 1. The van der Waals surface area contributed by atoms with Crippen molar-refractivity contribution in [1.82, 2.24) is 25.2 Å². The molecule has 4 N–H and O–H groups in total. The molecule has 0 saturated heterocycles. The van der Waals surface area contributed by atoms with Crippen molar-refractivity contribution < 1.29 is 14.4 Å². The third-order valence-corrected chi connectivity index (χ3v) is 5.07. The molecule has 11 nitrogen and oxygen atoms in total. The second kappa shape index (κ2) is 12.3. The van der Waals surface area contributed by atoms with E-state index in [1.807, 2.05) is 25.8 Å². The Bertz CT molecular complexity index is 1060. The fourth-order valence-corrected chi connectivity index (χ4v) is 3.08. The van der Waals surface area contributed by atoms with Crippen molar-refractivity contribution in [1.29, 1.82) is 0 Å². The van der Waals surface area contributed by atoms with E-state index in [1.54, 1.807) is 18.3 Å². The van der Waals surface area contributed by atoms with Gasteiger partial charge < -0.3 is 26.2 Å². The molecule has 3 amide bonds. The Morgan fingerprint density at radius 3 is 2.56 bits per heavy atom. The van der Waals surface area contributed by atoms with Crippen LogP contribution in [0.25, 0.3) is 0 Å². The van der Waals surface area contributed by atoms with E-state index in [4.69, 9.17) is 5.73 Å². The summed E-state index contributed by atoms with van der Waals surface area (Å²) in [6.07, 6.45) is 3.85. The number of pyridine rings is 1. The number of anilines is 3. The molecular weight excluding hydrogens is 436 g/mol. The molecule has 2 aromatic heterocycles. The first-order valence-corrected chi connectivity index (χ1v) is 11.0. The van der Waals surface area contributed by atoms with Gasteiger partial charge in [0.05, 0.1) is 12.2 Å². The van der Waals surface area contributed by atoms with Crippen molar-refractivity contribution >= 4 is 35.0 Å². The minimum Gasteiger partial charge on any atom is -0.364 e. The van der Waals surface area contributed by atoms with Crippen LogP contribution in [0.5, 0.6) is 0 Å². The molecule has 0 aliphatic rings. The lowest BCUT2D eigenvalue weighted by atomic mass is 10.2. The number of nitrogens with one attached hydrogen (secondary N) is 2. The molecule has 11 heteroatoms. The van der Waals surface area contributed by atoms with Crippen LogP contribution in [-0.4, -0.2) is 71.3 Å². The zero-order valence-electron chi connectivity index (χ0n) is 20.1. The third kappa shape index (κ3) is 6.99. The third-order valence-electron chi connectivity index (χ3n) is 5.07. The van der Waals surface area contributed by atoms with E-state index in [0.29, 0.717) is 42.3 Å². The lowest BCUT2D eigenvalue weighted by molar-refractivity contribution is -0.131. The molecule has 2 aromatic rings. The summed E-state index contributed by atoms with van der Waals surface area (Å²) in [6, 6.07) is 3.53. The van der Waals surface area contributed by atoms with Crippen LogP contribution in [0.4, 0.5) is 17.3 Å². The molecule has 0 aliphatic heterocycles. The van der Waals surface area contributed by atoms with Crippen LogP contribution in [0.3, 0.4) is 0 Å². The molecule has 0 aliphatic carbocycles. The Morgan fingerprint density at radius 2 is 1.94 bits per heavy atom. The van der Waals surface area contributed by atoms with Gasteiger partial charge in [0.1, 0.15) is 0 Å². The van der Waals surface area contributed by atoms with Gasteiger partial charge in [0.15, 0.2) is 17.3 Å². The summed E-state index contributed by atoms with van der Waals surface area (Å²) in [5, 5.41) is 5.88. The number of hydrogen-bond acceptors (Lipinski definition) is 8. The average Bonchev–Trinajstić information content (AvgIpc) is 2.82. The molecule has 0 spiro atoms. The Hall–Kier alpha value is -4.02. The smallest absolute Gasteiger partial charge is 0.271 e. The highest BCUT2D eigenvalue weighted by atomic mass is 16.2. The molecule has 0 fully saturated rings. The van der Waals surface area contributed by atoms with Crippen LogP contribution < -0.4 is 21.3 Å². The number of likely N-dealkylation sites (N-methyl/N-ethyl adjacent to an activating group) is 1. The Kier molecular flexibility index (Phi) is 9.48. The molecule has 0 radical (unpaired) electrons. The fraction of sp³-hybridized carbons (Fsp3) is 0.391. The van der Waals surface area contributed by atoms with E-state index >= 15 is 0 Å². The van der Waals surface area contributed by atoms with Crippen molar-refractivity contribution in [2.24, 2.45) is 5.73 Å². The summed E-state index contributed by atoms with van der Waals surface area (Å²) in [7, 11) is 3.43. The van der Waals surface area contributed by atoms with E-state index in [9.17, 15) is 14.4 Å². The summed E-state index contributed by atoms with van der Waals surface area (Å²) >= 11 is 0. The number of carbonyl (C=O) groups is 3. The molecule has 182 valence electrons. The van der Waals surface area contributed by atoms with Crippen molar-refractivity contribution in [3.05, 3.63) is 48.1 Å². The van der Waals surface area contributed by atoms with E-state index in [1.165, 1.54) is 11.9 Å². The summed E-state index contributed by atoms with van der Waals surface area (Å²) in [6.45, 7) is 8.34. The van der Waals surface area contributed by atoms with Gasteiger partial charge in [-0.15, -0.1) is 0 Å². The summed E-state index contributed by atoms with van der Waals surface area (Å²) < 4.78 is 0. The molecule has 0 unspecified atom stereocenters. The Labute approximate surface area is 199 Å². The first-order valence-electron chi connectivity index (χ1n) is 11.0. The molecule has 2 rings (SSSR count). The first-order chi connectivity index (χ1) is 16.2. The number of carbonyl (C=O) groups excluding carboxylic acids is 3. The van der Waals surface area contributed by atoms with Gasteiger partial charge in [-0.25, -0.2) is 9.97 Å². The lowest BCUT2D eigenvalue weighted by Crippen LogP contribution is -2.38. The van der Waals surface area contributed by atoms with Gasteiger partial charge in [-0.2, -0.15) is 0 Å². The molecule has 0 bridgehead atoms. The first kappa shape index (κ1) is 26.2. The van der Waals surface area contributed by atoms with Crippen LogP contribution in [0.1, 0.15) is 35.7 Å². The van der Waals surface area contributed by atoms with Crippen molar-refractivity contribution in [2.45, 2.75) is 26.7 Å². The SMILES string of the molecule is C=CC(=O)N(C)CC(=O)NCCc1cc(Nc2nc(N(C)CC)c(CC)nc2C(N)=O)ccn1. The number of rotatable bonds is 12. The van der Waals surface area contributed by atoms with E-state index in [0.717, 1.165) is 12.6 Å². The molecule has 2 heterocycles. The van der Waals surface area contributed by atoms with Crippen LogP contribution in [0.2, 0.25) is 0 Å². The largest absolute Gasteiger partial charge is 0.364 e. The molecular formula is C23H32N8O3. The highest BCUT2D eigenvalue weighted by molar-refractivity contribution is 5.96. The normalized spacial score (nSPS) is 10.4. The predicted octanol–water partition coefficient (Wildman–Crippen LogP) is 1.04. The van der Waals surface area contributed by atoms with Crippen LogP contribution in [-0.2, 0) is 22.4 Å². The van der Waals surface area contributed by atoms with Crippen molar-refractivity contribution in [2.75, 3.05) is 43.9 Å². The highest BCUT2D eigenvalue weighted by Crippen LogP contribution is 2.24. The highest BCUT2D eigenvalue weighted by Gasteiger charge is 2.19. The van der Waals surface area contributed by atoms with Gasteiger partial charge in [-0.1, -0.05) is 13.5 Å². The maximum absolute atomic E-state index is 12.0. The number of aromatic nitrogens is 3. The summed E-state index contributed by atoms with van der Waals surface area (Å²) in [5.41, 5.74) is 7.68. The topological polar surface area (TPSA) is 146 Å². The van der Waals surface area contributed by atoms with E-state index in [-0.39, 0.29) is 29.9 Å². The second-order valence-electron chi connectivity index (χ2n) is 7.58. The molecule has 0 saturated carbocycles. The average molecular weight is 469 g/mol. The molecule has 0 aromatic carbocycles. The Balaban J connectivity index is 2.13. The van der Waals surface area contributed by atoms with Gasteiger partial charge in [0.25, 0.3) is 5.91 Å². The van der Waals surface area contributed by atoms with Gasteiger partial charge >= 0.3 is 0 Å². The van der Waals surface area contributed by atoms with Gasteiger partial charge in [0.2, 0.25) is 11.8 Å². The maximum Gasteiger partial charge on any atom is 0.271 e. The molecule has 0 atom stereocenters. The fourth-order valence-electron chi connectivity index (χ4n) is 3.08. The maximum atomic E-state index is 12.0. The number of nitrogens with zero attached hydrogens (tertiary/aromatic N) is 5. The van der Waals surface area contributed by atoms with Crippen LogP contribution >= 0.6 is 0 Å². The van der Waals surface area contributed by atoms with Crippen LogP contribution in [0.15, 0.2) is 31.0 Å². The van der Waals surface area contributed by atoms with Crippen LogP contribution in [0, 0.1) is 0 Å². The molecule has 34 heavy (non-hydrogen) atoms. The number of nitrogens with two attached hydrogens (primary N) is 1. The van der Waals surface area contributed by atoms with E-state index in [2.05, 4.69) is 32.2 Å². The standard InChI is InChI=1S/C23H32N8O3/c1-6-17-23(30(4)8-3)29-22(20(28-17)21(24)34)27-16-10-11-25-15(13-16)9-12-26-18(32)14-31(5)19(33)7-2/h7,10-11,13H,2,6,8-9,12,14H2,1,3-5H3,(H2,24,34)(H,26,32)(H,25,27,29).